The molecular formula is C23H19F3N6O6S. The summed E-state index contributed by atoms with van der Waals surface area (Å²) in [6.45, 7) is 1.56. The molecule has 3 aromatic rings. The van der Waals surface area contributed by atoms with Crippen LogP contribution in [0.25, 0.3) is 21.7 Å². The summed E-state index contributed by atoms with van der Waals surface area (Å²) in [7, 11) is 0. The van der Waals surface area contributed by atoms with E-state index in [1.54, 1.807) is 6.92 Å². The molecule has 39 heavy (non-hydrogen) atoms. The van der Waals surface area contributed by atoms with Crippen molar-refractivity contribution in [1.29, 1.82) is 0 Å². The van der Waals surface area contributed by atoms with Crippen LogP contribution in [-0.4, -0.2) is 63.6 Å². The van der Waals surface area contributed by atoms with Crippen LogP contribution in [-0.2, 0) is 20.5 Å². The molecular weight excluding hydrogens is 545 g/mol. The summed E-state index contributed by atoms with van der Waals surface area (Å²) in [5.41, 5.74) is -0.333. The zero-order valence-electron chi connectivity index (χ0n) is 20.0. The number of carboxylic acid groups (broad SMARTS) is 1. The molecule has 0 saturated heterocycles. The fourth-order valence-electron chi connectivity index (χ4n) is 3.34. The van der Waals surface area contributed by atoms with Crippen molar-refractivity contribution in [2.24, 2.45) is 4.99 Å². The van der Waals surface area contributed by atoms with Crippen molar-refractivity contribution < 1.29 is 42.1 Å². The fourth-order valence-corrected chi connectivity index (χ4v) is 4.19. The minimum atomic E-state index is -4.69. The number of alkyl halides is 3. The average molecular weight is 565 g/mol. The predicted molar refractivity (Wildman–Crippen MR) is 132 cm³/mol. The molecule has 2 amide bonds. The molecule has 16 heteroatoms. The number of hydrogen-bond donors (Lipinski definition) is 3. The Morgan fingerprint density at radius 3 is 2.62 bits per heavy atom. The van der Waals surface area contributed by atoms with E-state index in [2.05, 4.69) is 30.6 Å². The Kier molecular flexibility index (Phi) is 8.04. The molecule has 204 valence electrons. The van der Waals surface area contributed by atoms with E-state index in [9.17, 15) is 27.6 Å². The van der Waals surface area contributed by atoms with E-state index in [1.807, 2.05) is 0 Å². The number of rotatable bonds is 9. The number of esters is 1. The van der Waals surface area contributed by atoms with Crippen molar-refractivity contribution in [3.8, 4) is 27.6 Å². The summed E-state index contributed by atoms with van der Waals surface area (Å²) in [4.78, 5) is 50.7. The lowest BCUT2D eigenvalue weighted by molar-refractivity contribution is -0.140. The minimum absolute atomic E-state index is 0.0232. The number of carbonyl (C=O) groups excluding carboxylic acids is 2. The second-order valence-electron chi connectivity index (χ2n) is 7.80. The van der Waals surface area contributed by atoms with E-state index in [1.165, 1.54) is 24.5 Å². The SMILES string of the molecule is CCNC(=O)Nc1cc(-c2nc(C(F)(F)F)cs2)c(-c2cc(C3=NCC(=O)O3)cnc2OCCC(=O)O)cn1. The van der Waals surface area contributed by atoms with Gasteiger partial charge in [0.05, 0.1) is 12.0 Å². The van der Waals surface area contributed by atoms with Crippen molar-refractivity contribution in [3.63, 3.8) is 0 Å². The minimum Gasteiger partial charge on any atom is -0.481 e. The number of carbonyl (C=O) groups is 3. The number of amides is 2. The lowest BCUT2D eigenvalue weighted by Gasteiger charge is -2.15. The first-order valence-corrected chi connectivity index (χ1v) is 12.1. The number of carboxylic acids is 1. The Balaban J connectivity index is 1.85. The smallest absolute Gasteiger partial charge is 0.434 e. The molecule has 0 unspecified atom stereocenters. The van der Waals surface area contributed by atoms with Crippen LogP contribution < -0.4 is 15.4 Å². The highest BCUT2D eigenvalue weighted by atomic mass is 32.1. The van der Waals surface area contributed by atoms with Crippen molar-refractivity contribution in [1.82, 2.24) is 20.3 Å². The summed E-state index contributed by atoms with van der Waals surface area (Å²) in [6, 6.07) is 2.22. The zero-order valence-corrected chi connectivity index (χ0v) is 20.9. The Morgan fingerprint density at radius 1 is 1.18 bits per heavy atom. The Labute approximate surface area is 221 Å². The van der Waals surface area contributed by atoms with Gasteiger partial charge in [-0.2, -0.15) is 13.2 Å². The third kappa shape index (κ3) is 6.64. The van der Waals surface area contributed by atoms with Gasteiger partial charge < -0.3 is 19.9 Å². The molecule has 12 nitrogen and oxygen atoms in total. The van der Waals surface area contributed by atoms with Crippen molar-refractivity contribution in [2.45, 2.75) is 19.5 Å². The molecule has 3 N–H and O–H groups in total. The van der Waals surface area contributed by atoms with Crippen LogP contribution in [0.4, 0.5) is 23.8 Å². The first kappa shape index (κ1) is 27.4. The monoisotopic (exact) mass is 564 g/mol. The van der Waals surface area contributed by atoms with Gasteiger partial charge in [-0.3, -0.25) is 10.1 Å². The van der Waals surface area contributed by atoms with Gasteiger partial charge in [0, 0.05) is 41.0 Å². The predicted octanol–water partition coefficient (Wildman–Crippen LogP) is 3.58. The van der Waals surface area contributed by atoms with E-state index >= 15 is 0 Å². The number of hydrogen-bond acceptors (Lipinski definition) is 10. The van der Waals surface area contributed by atoms with Gasteiger partial charge in [-0.15, -0.1) is 11.3 Å². The molecule has 1 aliphatic rings. The van der Waals surface area contributed by atoms with E-state index < -0.39 is 29.8 Å². The first-order chi connectivity index (χ1) is 18.5. The number of aliphatic imine (C=N–C) groups is 1. The maximum Gasteiger partial charge on any atom is 0.434 e. The molecule has 4 rings (SSSR count). The van der Waals surface area contributed by atoms with Gasteiger partial charge in [0.2, 0.25) is 11.8 Å². The highest BCUT2D eigenvalue weighted by Gasteiger charge is 2.34. The van der Waals surface area contributed by atoms with Crippen LogP contribution in [0.2, 0.25) is 0 Å². The van der Waals surface area contributed by atoms with Gasteiger partial charge in [-0.25, -0.2) is 29.5 Å². The van der Waals surface area contributed by atoms with E-state index in [0.717, 1.165) is 5.38 Å². The topological polar surface area (TPSA) is 165 Å². The van der Waals surface area contributed by atoms with Crippen molar-refractivity contribution in [2.75, 3.05) is 25.0 Å². The molecule has 0 fully saturated rings. The standard InChI is InChI=1S/C23H19F3N6O6S/c1-2-27-22(36)32-16-6-13(21-31-15(10-39-21)23(24,25)26)14(8-28-16)12-5-11(19-30-9-18(35)38-19)7-29-20(12)37-4-3-17(33)34/h5-8,10H,2-4,9H2,1H3,(H,33,34)(H2,27,28,32,36). The summed E-state index contributed by atoms with van der Waals surface area (Å²) in [6.07, 6.45) is -2.48. The maximum absolute atomic E-state index is 13.3. The Hall–Kier alpha value is -4.60. The second-order valence-corrected chi connectivity index (χ2v) is 8.66. The molecule has 0 bridgehead atoms. The zero-order chi connectivity index (χ0) is 28.2. The van der Waals surface area contributed by atoms with Gasteiger partial charge in [0.1, 0.15) is 24.0 Å². The molecule has 1 aliphatic heterocycles. The Morgan fingerprint density at radius 2 is 1.97 bits per heavy atom. The molecule has 3 aromatic heterocycles. The van der Waals surface area contributed by atoms with Crippen LogP contribution in [0, 0.1) is 0 Å². The van der Waals surface area contributed by atoms with E-state index in [0.29, 0.717) is 17.9 Å². The van der Waals surface area contributed by atoms with Gasteiger partial charge >= 0.3 is 24.1 Å². The number of pyridine rings is 2. The number of ether oxygens (including phenoxy) is 2. The van der Waals surface area contributed by atoms with E-state index in [-0.39, 0.29) is 64.4 Å². The van der Waals surface area contributed by atoms with Crippen LogP contribution in [0.3, 0.4) is 0 Å². The second kappa shape index (κ2) is 11.4. The number of nitrogens with one attached hydrogen (secondary N) is 2. The normalized spacial score (nSPS) is 13.0. The van der Waals surface area contributed by atoms with Gasteiger partial charge in [0.15, 0.2) is 5.69 Å². The molecule has 0 atom stereocenters. The van der Waals surface area contributed by atoms with Crippen molar-refractivity contribution >= 4 is 41.0 Å². The van der Waals surface area contributed by atoms with Crippen LogP contribution in [0.5, 0.6) is 5.88 Å². The summed E-state index contributed by atoms with van der Waals surface area (Å²) < 4.78 is 50.7. The molecule has 4 heterocycles. The van der Waals surface area contributed by atoms with Crippen molar-refractivity contribution in [3.05, 3.63) is 41.2 Å². The average Bonchev–Trinajstić information content (AvgIpc) is 3.54. The fraction of sp³-hybridized carbons (Fsp3) is 0.261. The number of urea groups is 1. The third-order valence-electron chi connectivity index (χ3n) is 5.01. The van der Waals surface area contributed by atoms with Crippen LogP contribution >= 0.6 is 11.3 Å². The lowest BCUT2D eigenvalue weighted by atomic mass is 10.0. The van der Waals surface area contributed by atoms with Crippen LogP contribution in [0.1, 0.15) is 24.6 Å². The summed E-state index contributed by atoms with van der Waals surface area (Å²) >= 11 is 0.714. The summed E-state index contributed by atoms with van der Waals surface area (Å²) in [5, 5.41) is 14.8. The quantitative estimate of drug-likeness (QED) is 0.329. The van der Waals surface area contributed by atoms with Gasteiger partial charge in [-0.05, 0) is 19.1 Å². The van der Waals surface area contributed by atoms with Gasteiger partial charge in [0.25, 0.3) is 0 Å². The highest BCUT2D eigenvalue weighted by molar-refractivity contribution is 7.13. The number of cyclic esters (lactones) is 1. The van der Waals surface area contributed by atoms with Gasteiger partial charge in [-0.1, -0.05) is 0 Å². The number of aromatic nitrogens is 3. The number of anilines is 1. The largest absolute Gasteiger partial charge is 0.481 e. The number of thiazole rings is 1. The lowest BCUT2D eigenvalue weighted by Crippen LogP contribution is -2.28. The number of halogens is 3. The molecule has 0 radical (unpaired) electrons. The molecule has 0 aromatic carbocycles. The highest BCUT2D eigenvalue weighted by Crippen LogP contribution is 2.41. The first-order valence-electron chi connectivity index (χ1n) is 11.2. The molecule has 0 spiro atoms. The number of nitrogens with zero attached hydrogens (tertiary/aromatic N) is 4. The third-order valence-corrected chi connectivity index (χ3v) is 5.89. The van der Waals surface area contributed by atoms with Crippen LogP contribution in [0.15, 0.2) is 34.9 Å². The summed E-state index contributed by atoms with van der Waals surface area (Å²) in [5.74, 6) is -1.77. The maximum atomic E-state index is 13.3. The number of aliphatic carboxylic acids is 1. The molecule has 0 aliphatic carbocycles. The Bertz CT molecular complexity index is 1460. The molecule has 0 saturated carbocycles. The van der Waals surface area contributed by atoms with E-state index in [4.69, 9.17) is 14.6 Å².